The number of esters is 1. The number of aryl methyl sites for hydroxylation is 2. The van der Waals surface area contributed by atoms with Gasteiger partial charge in [0.05, 0.1) is 30.9 Å². The number of fused-ring (bicyclic) bond motifs is 1. The number of ether oxygens (including phenoxy) is 2. The second-order valence-corrected chi connectivity index (χ2v) is 16.2. The Kier molecular flexibility index (Phi) is 21.6. The minimum Gasteiger partial charge on any atom is -0.747 e. The quantitative estimate of drug-likeness (QED) is 0.0184. The molecule has 4 aromatic rings. The van der Waals surface area contributed by atoms with Gasteiger partial charge in [-0.15, -0.1) is 28.3 Å². The molecule has 58 heavy (non-hydrogen) atoms. The van der Waals surface area contributed by atoms with E-state index in [1.165, 1.54) is 11.1 Å². The summed E-state index contributed by atoms with van der Waals surface area (Å²) in [5.41, 5.74) is 5.47. The van der Waals surface area contributed by atoms with Crippen LogP contribution in [0.15, 0.2) is 79.0 Å². The van der Waals surface area contributed by atoms with Crippen LogP contribution in [0, 0.1) is 0 Å². The van der Waals surface area contributed by atoms with E-state index in [2.05, 4.69) is 55.4 Å². The maximum absolute atomic E-state index is 12.1. The molecular weight excluding hydrogens is 841 g/mol. The van der Waals surface area contributed by atoms with Gasteiger partial charge in [0, 0.05) is 90.8 Å². The van der Waals surface area contributed by atoms with Crippen molar-refractivity contribution in [2.45, 2.75) is 88.5 Å². The Morgan fingerprint density at radius 2 is 1.81 bits per heavy atom. The summed E-state index contributed by atoms with van der Waals surface area (Å²) in [5.74, 6) is 2.04. The van der Waals surface area contributed by atoms with Crippen LogP contribution in [0.1, 0.15) is 60.9 Å². The Morgan fingerprint density at radius 1 is 1.02 bits per heavy atom. The smallest absolute Gasteiger partial charge is 0.315 e. The second kappa shape index (κ2) is 26.6. The van der Waals surface area contributed by atoms with Crippen LogP contribution < -0.4 is 20.9 Å². The molecule has 12 nitrogen and oxygen atoms in total. The number of thioether (sulfide) groups is 1. The third-order valence-corrected chi connectivity index (χ3v) is 11.6. The number of alkyl halides is 2. The number of amides is 3. The zero-order chi connectivity index (χ0) is 40.1. The fourth-order valence-electron chi connectivity index (χ4n) is 6.74. The molecule has 0 radical (unpaired) electrons. The summed E-state index contributed by atoms with van der Waals surface area (Å²) < 4.78 is 12.7. The van der Waals surface area contributed by atoms with E-state index in [0.717, 1.165) is 74.3 Å². The third kappa shape index (κ3) is 16.6. The summed E-state index contributed by atoms with van der Waals surface area (Å²) in [6, 6.07) is 24.6. The average molecular weight is 897 g/mol. The van der Waals surface area contributed by atoms with E-state index in [1.807, 2.05) is 66.5 Å². The molecule has 1 aromatic heterocycles. The minimum atomic E-state index is -0.145. The zero-order valence-corrected chi connectivity index (χ0v) is 36.2. The maximum Gasteiger partial charge on any atom is 0.315 e. The average Bonchev–Trinajstić information content (AvgIpc) is 4.07. The van der Waals surface area contributed by atoms with Crippen molar-refractivity contribution in [3.63, 3.8) is 0 Å². The SMILES string of the molecule is O=C(CCCC1SCC2NC(=O)NC21)NCCCc1cn(CCOCc2cc[cH-]c2)nn1.O=C(CCCc1ccc(N(CCCl)CCCl)cc1)OC[c-]1[cH-][cH-][cH-][cH-]1.[Fe]. The van der Waals surface area contributed by atoms with Gasteiger partial charge in [-0.05, 0) is 56.2 Å². The van der Waals surface area contributed by atoms with Gasteiger partial charge in [0.25, 0.3) is 0 Å². The van der Waals surface area contributed by atoms with Gasteiger partial charge in [0.2, 0.25) is 5.91 Å². The van der Waals surface area contributed by atoms with Crippen LogP contribution in [0.3, 0.4) is 0 Å². The van der Waals surface area contributed by atoms with E-state index in [4.69, 9.17) is 32.7 Å². The van der Waals surface area contributed by atoms with E-state index in [1.54, 1.807) is 4.68 Å². The van der Waals surface area contributed by atoms with Crippen LogP contribution in [-0.4, -0.2) is 94.0 Å². The van der Waals surface area contributed by atoms with Gasteiger partial charge in [-0.25, -0.2) is 15.5 Å². The molecule has 3 atom stereocenters. The first-order valence-electron chi connectivity index (χ1n) is 19.8. The predicted octanol–water partition coefficient (Wildman–Crippen LogP) is 6.35. The largest absolute Gasteiger partial charge is 0.747 e. The van der Waals surface area contributed by atoms with E-state index in [9.17, 15) is 14.4 Å². The molecule has 2 saturated heterocycles. The number of benzene rings is 1. The van der Waals surface area contributed by atoms with Gasteiger partial charge in [0.1, 0.15) is 0 Å². The number of hydrogen-bond acceptors (Lipinski definition) is 9. The Labute approximate surface area is 367 Å². The molecule has 322 valence electrons. The third-order valence-electron chi connectivity index (χ3n) is 9.80. The van der Waals surface area contributed by atoms with E-state index >= 15 is 0 Å². The summed E-state index contributed by atoms with van der Waals surface area (Å²) in [6.45, 7) is 4.43. The molecule has 3 heterocycles. The molecule has 16 heteroatoms. The fourth-order valence-corrected chi connectivity index (χ4v) is 8.70. The summed E-state index contributed by atoms with van der Waals surface area (Å²) in [6.07, 6.45) is 7.94. The minimum absolute atomic E-state index is 0. The first kappa shape index (κ1) is 47.2. The molecule has 2 fully saturated rings. The summed E-state index contributed by atoms with van der Waals surface area (Å²) in [7, 11) is 0. The number of anilines is 1. The molecule has 3 amide bonds. The molecule has 0 saturated carbocycles. The molecule has 2 aliphatic rings. The number of urea groups is 1. The predicted molar refractivity (Wildman–Crippen MR) is 227 cm³/mol. The van der Waals surface area contributed by atoms with Crippen LogP contribution in [0.5, 0.6) is 0 Å². The molecule has 2 aliphatic heterocycles. The van der Waals surface area contributed by atoms with Gasteiger partial charge >= 0.3 is 12.0 Å². The molecule has 0 spiro atoms. The summed E-state index contributed by atoms with van der Waals surface area (Å²) in [5, 5.41) is 17.7. The molecule has 0 aliphatic carbocycles. The fraction of sp³-hybridized carbons (Fsp3) is 0.500. The van der Waals surface area contributed by atoms with Crippen LogP contribution >= 0.6 is 35.0 Å². The summed E-state index contributed by atoms with van der Waals surface area (Å²) in [4.78, 5) is 37.5. The van der Waals surface area contributed by atoms with E-state index in [0.29, 0.717) is 62.8 Å². The number of nitrogens with zero attached hydrogens (tertiary/aromatic N) is 4. The van der Waals surface area contributed by atoms with Crippen LogP contribution in [0.2, 0.25) is 0 Å². The van der Waals surface area contributed by atoms with Crippen LogP contribution in [0.25, 0.3) is 0 Å². The normalized spacial score (nSPS) is 16.7. The Morgan fingerprint density at radius 3 is 2.55 bits per heavy atom. The van der Waals surface area contributed by atoms with Gasteiger partial charge < -0.3 is 60.2 Å². The van der Waals surface area contributed by atoms with Crippen molar-refractivity contribution >= 4 is 58.6 Å². The number of carbonyl (C=O) groups is 3. The van der Waals surface area contributed by atoms with Crippen molar-refractivity contribution in [2.24, 2.45) is 0 Å². The number of carbonyl (C=O) groups excluding carboxylic acids is 3. The van der Waals surface area contributed by atoms with Crippen LogP contribution in [-0.2, 0) is 68.7 Å². The summed E-state index contributed by atoms with van der Waals surface area (Å²) >= 11 is 13.6. The van der Waals surface area contributed by atoms with E-state index in [-0.39, 0.29) is 47.1 Å². The Bertz CT molecular complexity index is 1740. The standard InChI is InChI=1S/C22H31N6O3S.C20H24Cl2NO2.Fe/c29-20(9-3-8-19-21-18(15-32-19)24-22(30)25-21)23-10-4-7-17-13-28(27-26-17)11-12-31-14-16-5-1-2-6-16;21-12-14-23(15-13-22)19-10-8-17(9-11-19)6-3-7-20(24)25-16-18-4-1-2-5-18;/h1-2,5-6,13,18-19,21H,3-4,7-12,14-15H2,(H,23,29)(H2,24,25,30);1-2,4-5,8-11H,3,6-7,12-16H2;/q-1;-5;. The molecular formula is C42H55Cl2FeN7O5S-6. The van der Waals surface area contributed by atoms with Crippen molar-refractivity contribution in [1.82, 2.24) is 30.9 Å². The zero-order valence-electron chi connectivity index (χ0n) is 32.8. The number of hydrogen-bond donors (Lipinski definition) is 3. The molecule has 3 aromatic carbocycles. The van der Waals surface area contributed by atoms with Crippen molar-refractivity contribution in [3.05, 3.63) is 101 Å². The van der Waals surface area contributed by atoms with Gasteiger partial charge in [-0.2, -0.15) is 35.5 Å². The number of nitrogens with one attached hydrogen (secondary N) is 3. The van der Waals surface area contributed by atoms with Crippen molar-refractivity contribution in [2.75, 3.05) is 48.7 Å². The van der Waals surface area contributed by atoms with Gasteiger partial charge in [-0.1, -0.05) is 24.0 Å². The second-order valence-electron chi connectivity index (χ2n) is 14.1. The van der Waals surface area contributed by atoms with Crippen molar-refractivity contribution in [1.29, 1.82) is 0 Å². The van der Waals surface area contributed by atoms with Crippen molar-refractivity contribution < 1.29 is 40.9 Å². The number of rotatable bonds is 24. The van der Waals surface area contributed by atoms with Gasteiger partial charge in [-0.3, -0.25) is 9.59 Å². The maximum atomic E-state index is 12.1. The number of halogens is 2. The number of aromatic nitrogens is 3. The van der Waals surface area contributed by atoms with Crippen LogP contribution in [0.4, 0.5) is 10.5 Å². The van der Waals surface area contributed by atoms with E-state index < -0.39 is 0 Å². The van der Waals surface area contributed by atoms with Gasteiger partial charge in [0.15, 0.2) is 0 Å². The molecule has 0 bridgehead atoms. The monoisotopic (exact) mass is 895 g/mol. The Hall–Kier alpha value is -3.52. The van der Waals surface area contributed by atoms with Crippen molar-refractivity contribution in [3.8, 4) is 0 Å². The molecule has 3 N–H and O–H groups in total. The molecule has 3 unspecified atom stereocenters. The molecule has 6 rings (SSSR count). The first-order valence-corrected chi connectivity index (χ1v) is 22.0. The topological polar surface area (TPSA) is 140 Å². The first-order chi connectivity index (χ1) is 27.9. The Balaban J connectivity index is 0.000000260.